The molecule has 0 amide bonds. The van der Waals surface area contributed by atoms with Crippen LogP contribution < -0.4 is 0 Å². The van der Waals surface area contributed by atoms with E-state index in [2.05, 4.69) is 13.8 Å². The van der Waals surface area contributed by atoms with E-state index in [1.165, 1.54) is 6.42 Å². The lowest BCUT2D eigenvalue weighted by Crippen LogP contribution is -2.61. The van der Waals surface area contributed by atoms with Gasteiger partial charge in [-0.05, 0) is 49.9 Å². The van der Waals surface area contributed by atoms with E-state index in [-0.39, 0.29) is 22.2 Å². The molecule has 6 fully saturated rings. The molecule has 6 aliphatic rings. The summed E-state index contributed by atoms with van der Waals surface area (Å²) in [5.41, 5.74) is 0.168. The van der Waals surface area contributed by atoms with Gasteiger partial charge in [0.25, 0.3) is 0 Å². The highest BCUT2D eigenvalue weighted by Gasteiger charge is 2.78. The van der Waals surface area contributed by atoms with Crippen LogP contribution in [0, 0.1) is 28.6 Å². The second-order valence-corrected chi connectivity index (χ2v) is 10.2. The Hall–Kier alpha value is -0.450. The highest BCUT2D eigenvalue weighted by Crippen LogP contribution is 2.74. The lowest BCUT2D eigenvalue weighted by atomic mass is 9.45. The lowest BCUT2D eigenvalue weighted by molar-refractivity contribution is -0.226. The molecule has 4 nitrogen and oxygen atoms in total. The van der Waals surface area contributed by atoms with Crippen molar-refractivity contribution in [2.75, 3.05) is 13.2 Å². The molecule has 0 aromatic rings. The van der Waals surface area contributed by atoms with Crippen LogP contribution in [0.3, 0.4) is 0 Å². The second kappa shape index (κ2) is 4.51. The van der Waals surface area contributed by atoms with Crippen molar-refractivity contribution in [2.45, 2.75) is 82.7 Å². The minimum absolute atomic E-state index is 0.0207. The van der Waals surface area contributed by atoms with Crippen LogP contribution in [0.4, 0.5) is 0 Å². The molecule has 138 valence electrons. The van der Waals surface area contributed by atoms with Crippen molar-refractivity contribution in [2.24, 2.45) is 28.6 Å². The highest BCUT2D eigenvalue weighted by molar-refractivity contribution is 5.87. The Morgan fingerprint density at radius 1 is 1.00 bits per heavy atom. The fourth-order valence-electron chi connectivity index (χ4n) is 8.14. The van der Waals surface area contributed by atoms with Crippen LogP contribution in [-0.4, -0.2) is 36.5 Å². The molecule has 6 rings (SSSR count). The van der Waals surface area contributed by atoms with Crippen molar-refractivity contribution in [1.82, 2.24) is 0 Å². The minimum atomic E-state index is -0.367. The second-order valence-electron chi connectivity index (χ2n) is 10.2. The number of rotatable bonds is 0. The van der Waals surface area contributed by atoms with Crippen molar-refractivity contribution in [3.8, 4) is 0 Å². The van der Waals surface area contributed by atoms with Crippen molar-refractivity contribution in [1.29, 1.82) is 0 Å². The van der Waals surface area contributed by atoms with Crippen LogP contribution in [0.2, 0.25) is 0 Å². The third-order valence-electron chi connectivity index (χ3n) is 9.60. The Morgan fingerprint density at radius 3 is 2.60 bits per heavy atom. The summed E-state index contributed by atoms with van der Waals surface area (Å²) < 4.78 is 18.6. The predicted molar refractivity (Wildman–Crippen MR) is 90.9 cm³/mol. The quantitative estimate of drug-likeness (QED) is 0.630. The molecular formula is C21H30O4. The first-order valence-corrected chi connectivity index (χ1v) is 10.4. The third kappa shape index (κ3) is 1.69. The topological polar surface area (TPSA) is 48.1 Å². The van der Waals surface area contributed by atoms with Gasteiger partial charge in [0.2, 0.25) is 0 Å². The van der Waals surface area contributed by atoms with Gasteiger partial charge in [0.05, 0.1) is 19.3 Å². The summed E-state index contributed by atoms with van der Waals surface area (Å²) in [6.45, 7) is 6.21. The van der Waals surface area contributed by atoms with Crippen LogP contribution in [-0.2, 0) is 19.0 Å². The number of fused-ring (bicyclic) bond motifs is 4. The van der Waals surface area contributed by atoms with Crippen molar-refractivity contribution < 1.29 is 19.0 Å². The molecule has 2 spiro atoms. The molecule has 4 saturated carbocycles. The summed E-state index contributed by atoms with van der Waals surface area (Å²) in [4.78, 5) is 12.6. The normalized spacial score (nSPS) is 58.4. The molecule has 2 heterocycles. The van der Waals surface area contributed by atoms with Crippen LogP contribution in [0.1, 0.15) is 65.2 Å². The van der Waals surface area contributed by atoms with E-state index in [1.807, 2.05) is 0 Å². The molecule has 0 unspecified atom stereocenters. The number of Topliss-reactive ketones (excluding diaryl/α,β-unsaturated/α-hetero) is 1. The minimum Gasteiger partial charge on any atom is -0.365 e. The maximum Gasteiger partial charge on any atom is 0.171 e. The molecule has 0 aromatic heterocycles. The van der Waals surface area contributed by atoms with Crippen LogP contribution in [0.25, 0.3) is 0 Å². The highest BCUT2D eigenvalue weighted by atomic mass is 16.7. The molecule has 2 aliphatic heterocycles. The molecule has 0 N–H and O–H groups in total. The Labute approximate surface area is 150 Å². The molecule has 4 aliphatic carbocycles. The van der Waals surface area contributed by atoms with Crippen molar-refractivity contribution in [3.63, 3.8) is 0 Å². The SMILES string of the molecule is C[C@]12CC[C@@H]3[C@@H](C[C@@H]4O[C@@]45CC4(CC[C@]35C)OCCO4)[C@@H]1CCC2=O. The van der Waals surface area contributed by atoms with Crippen molar-refractivity contribution in [3.05, 3.63) is 0 Å². The third-order valence-corrected chi connectivity index (χ3v) is 9.60. The Bertz CT molecular complexity index is 640. The number of carbonyl (C=O) groups excluding carboxylic acids is 1. The number of ketones is 1. The molecule has 7 atom stereocenters. The zero-order chi connectivity index (χ0) is 17.1. The molecule has 2 saturated heterocycles. The van der Waals surface area contributed by atoms with E-state index in [4.69, 9.17) is 14.2 Å². The fourth-order valence-corrected chi connectivity index (χ4v) is 8.14. The van der Waals surface area contributed by atoms with Gasteiger partial charge in [-0.15, -0.1) is 0 Å². The molecule has 25 heavy (non-hydrogen) atoms. The number of carbonyl (C=O) groups is 1. The van der Waals surface area contributed by atoms with Crippen LogP contribution >= 0.6 is 0 Å². The van der Waals surface area contributed by atoms with E-state index < -0.39 is 0 Å². The molecular weight excluding hydrogens is 316 g/mol. The average Bonchev–Trinajstić information content (AvgIpc) is 2.94. The summed E-state index contributed by atoms with van der Waals surface area (Å²) in [6.07, 6.45) is 8.80. The first-order chi connectivity index (χ1) is 11.9. The van der Waals surface area contributed by atoms with Gasteiger partial charge in [0.15, 0.2) is 5.79 Å². The van der Waals surface area contributed by atoms with E-state index in [0.717, 1.165) is 58.2 Å². The summed E-state index contributed by atoms with van der Waals surface area (Å²) in [5.74, 6) is 2.13. The Kier molecular flexibility index (Phi) is 2.81. The average molecular weight is 346 g/mol. The molecule has 0 bridgehead atoms. The van der Waals surface area contributed by atoms with Gasteiger partial charge in [-0.25, -0.2) is 0 Å². The number of epoxide rings is 1. The van der Waals surface area contributed by atoms with Gasteiger partial charge in [-0.2, -0.15) is 0 Å². The fraction of sp³-hybridized carbons (Fsp3) is 0.952. The van der Waals surface area contributed by atoms with Gasteiger partial charge >= 0.3 is 0 Å². The molecule has 4 heteroatoms. The summed E-state index contributed by atoms with van der Waals surface area (Å²) in [7, 11) is 0. The van der Waals surface area contributed by atoms with Gasteiger partial charge in [-0.3, -0.25) is 4.79 Å². The maximum atomic E-state index is 12.6. The number of hydrogen-bond donors (Lipinski definition) is 0. The van der Waals surface area contributed by atoms with E-state index in [0.29, 0.717) is 29.6 Å². The van der Waals surface area contributed by atoms with Gasteiger partial charge in [0, 0.05) is 30.1 Å². The largest absolute Gasteiger partial charge is 0.365 e. The van der Waals surface area contributed by atoms with Gasteiger partial charge in [0.1, 0.15) is 11.4 Å². The molecule has 0 radical (unpaired) electrons. The number of hydrogen-bond acceptors (Lipinski definition) is 4. The molecule has 0 aromatic carbocycles. The maximum absolute atomic E-state index is 12.6. The van der Waals surface area contributed by atoms with E-state index >= 15 is 0 Å². The monoisotopic (exact) mass is 346 g/mol. The first kappa shape index (κ1) is 15.6. The van der Waals surface area contributed by atoms with Crippen LogP contribution in [0.15, 0.2) is 0 Å². The van der Waals surface area contributed by atoms with Crippen molar-refractivity contribution >= 4 is 5.78 Å². The van der Waals surface area contributed by atoms with Gasteiger partial charge < -0.3 is 14.2 Å². The summed E-state index contributed by atoms with van der Waals surface area (Å²) in [6, 6.07) is 0. The predicted octanol–water partition coefficient (Wildman–Crippen LogP) is 3.47. The smallest absolute Gasteiger partial charge is 0.171 e. The Morgan fingerprint density at radius 2 is 1.80 bits per heavy atom. The van der Waals surface area contributed by atoms with Crippen LogP contribution in [0.5, 0.6) is 0 Å². The van der Waals surface area contributed by atoms with E-state index in [9.17, 15) is 4.79 Å². The Balaban J connectivity index is 1.35. The lowest BCUT2D eigenvalue weighted by Gasteiger charge is -2.59. The first-order valence-electron chi connectivity index (χ1n) is 10.4. The zero-order valence-corrected chi connectivity index (χ0v) is 15.5. The zero-order valence-electron chi connectivity index (χ0n) is 15.5. The van der Waals surface area contributed by atoms with E-state index in [1.54, 1.807) is 0 Å². The summed E-state index contributed by atoms with van der Waals surface area (Å²) in [5, 5.41) is 0. The summed E-state index contributed by atoms with van der Waals surface area (Å²) >= 11 is 0. The number of ether oxygens (including phenoxy) is 3. The standard InChI is InChI=1S/C21H30O4/c1-18-6-5-15-13(14(18)3-4-16(18)22)11-17-21(25-17)12-20(23-9-10-24-20)8-7-19(15,21)2/h13-15,17H,3-12H2,1-2H3/t13-,14-,15+,17-,18-,19+,21-/m0/s1. The van der Waals surface area contributed by atoms with Gasteiger partial charge in [-0.1, -0.05) is 13.8 Å².